The first kappa shape index (κ1) is 18.0. The summed E-state index contributed by atoms with van der Waals surface area (Å²) >= 11 is 0. The number of para-hydroxylation sites is 2. The van der Waals surface area contributed by atoms with Gasteiger partial charge in [0.2, 0.25) is 11.8 Å². The van der Waals surface area contributed by atoms with Crippen LogP contribution in [0.5, 0.6) is 11.5 Å². The number of fused-ring (bicyclic) bond motifs is 3. The Morgan fingerprint density at radius 1 is 1.14 bits per heavy atom. The van der Waals surface area contributed by atoms with Crippen LogP contribution in [0.25, 0.3) is 0 Å². The van der Waals surface area contributed by atoms with E-state index in [9.17, 15) is 9.59 Å². The second kappa shape index (κ2) is 7.10. The lowest BCUT2D eigenvalue weighted by atomic mass is 10.1. The smallest absolute Gasteiger partial charge is 0.250 e. The highest BCUT2D eigenvalue weighted by Crippen LogP contribution is 2.39. The van der Waals surface area contributed by atoms with Gasteiger partial charge in [-0.05, 0) is 42.7 Å². The van der Waals surface area contributed by atoms with Crippen LogP contribution in [-0.4, -0.2) is 42.5 Å². The topological polar surface area (TPSA) is 59.1 Å². The molecule has 0 radical (unpaired) electrons. The minimum atomic E-state index is -0.459. The third kappa shape index (κ3) is 3.33. The molecule has 29 heavy (non-hydrogen) atoms. The van der Waals surface area contributed by atoms with Crippen LogP contribution in [0.1, 0.15) is 24.8 Å². The Labute approximate surface area is 170 Å². The van der Waals surface area contributed by atoms with Crippen molar-refractivity contribution in [2.45, 2.75) is 38.0 Å². The first-order valence-electron chi connectivity index (χ1n) is 10.1. The van der Waals surface area contributed by atoms with Crippen LogP contribution in [-0.2, 0) is 16.1 Å². The average Bonchev–Trinajstić information content (AvgIpc) is 3.51. The van der Waals surface area contributed by atoms with Gasteiger partial charge < -0.3 is 19.3 Å². The van der Waals surface area contributed by atoms with Crippen LogP contribution in [0, 0.1) is 5.92 Å². The van der Waals surface area contributed by atoms with E-state index in [0.29, 0.717) is 25.3 Å². The van der Waals surface area contributed by atoms with Crippen LogP contribution in [0.3, 0.4) is 0 Å². The highest BCUT2D eigenvalue weighted by molar-refractivity contribution is 6.01. The number of rotatable bonds is 4. The van der Waals surface area contributed by atoms with Gasteiger partial charge in [0.15, 0.2) is 0 Å². The zero-order valence-electron chi connectivity index (χ0n) is 16.4. The Hall–Kier alpha value is -3.02. The molecule has 2 aromatic rings. The highest BCUT2D eigenvalue weighted by Gasteiger charge is 2.47. The quantitative estimate of drug-likeness (QED) is 0.803. The van der Waals surface area contributed by atoms with E-state index >= 15 is 0 Å². The average molecular weight is 392 g/mol. The van der Waals surface area contributed by atoms with E-state index in [-0.39, 0.29) is 23.8 Å². The lowest BCUT2D eigenvalue weighted by Gasteiger charge is -2.32. The molecule has 1 aliphatic carbocycles. The highest BCUT2D eigenvalue weighted by atomic mass is 16.5. The van der Waals surface area contributed by atoms with Crippen LogP contribution in [0.4, 0.5) is 5.69 Å². The van der Waals surface area contributed by atoms with Crippen molar-refractivity contribution >= 4 is 17.5 Å². The van der Waals surface area contributed by atoms with Gasteiger partial charge in [0, 0.05) is 12.3 Å². The van der Waals surface area contributed by atoms with Gasteiger partial charge in [0.1, 0.15) is 23.6 Å². The van der Waals surface area contributed by atoms with Crippen LogP contribution in [0.2, 0.25) is 0 Å². The fraction of sp³-hybridized carbons (Fsp3) is 0.391. The number of ether oxygens (including phenoxy) is 2. The van der Waals surface area contributed by atoms with Crippen molar-refractivity contribution in [1.29, 1.82) is 0 Å². The summed E-state index contributed by atoms with van der Waals surface area (Å²) < 4.78 is 11.5. The van der Waals surface area contributed by atoms with E-state index in [1.807, 2.05) is 48.5 Å². The van der Waals surface area contributed by atoms with Crippen molar-refractivity contribution in [3.8, 4) is 11.5 Å². The van der Waals surface area contributed by atoms with Crippen LogP contribution in [0.15, 0.2) is 48.5 Å². The van der Waals surface area contributed by atoms with Crippen molar-refractivity contribution in [1.82, 2.24) is 4.90 Å². The molecule has 150 valence electrons. The number of carbonyl (C=O) groups excluding carboxylic acids is 2. The molecule has 3 aliphatic rings. The number of benzene rings is 2. The minimum Gasteiger partial charge on any atom is -0.497 e. The van der Waals surface area contributed by atoms with E-state index in [2.05, 4.69) is 0 Å². The molecule has 6 nitrogen and oxygen atoms in total. The van der Waals surface area contributed by atoms with E-state index in [0.717, 1.165) is 29.8 Å². The number of carbonyl (C=O) groups is 2. The number of anilines is 1. The summed E-state index contributed by atoms with van der Waals surface area (Å²) in [7, 11) is 1.63. The number of hydrogen-bond donors (Lipinski definition) is 0. The fourth-order valence-corrected chi connectivity index (χ4v) is 4.26. The molecule has 0 spiro atoms. The summed E-state index contributed by atoms with van der Waals surface area (Å²) in [6.07, 6.45) is 2.26. The molecule has 5 rings (SSSR count). The SMILES string of the molecule is COc1ccc(CN2C(=O)[C@@H]3C[C@@H](CN3C(=O)C3CC3)Oc3ccccc32)cc1. The number of likely N-dealkylation sites (tertiary alicyclic amines) is 1. The lowest BCUT2D eigenvalue weighted by Crippen LogP contribution is -2.48. The predicted molar refractivity (Wildman–Crippen MR) is 108 cm³/mol. The van der Waals surface area contributed by atoms with Crippen LogP contribution < -0.4 is 14.4 Å². The molecule has 0 unspecified atom stereocenters. The van der Waals surface area contributed by atoms with Crippen molar-refractivity contribution in [3.63, 3.8) is 0 Å². The largest absolute Gasteiger partial charge is 0.497 e. The Morgan fingerprint density at radius 3 is 2.62 bits per heavy atom. The molecule has 2 aliphatic heterocycles. The van der Waals surface area contributed by atoms with E-state index < -0.39 is 6.04 Å². The van der Waals surface area contributed by atoms with Gasteiger partial charge in [-0.2, -0.15) is 0 Å². The molecule has 0 aromatic heterocycles. The normalized spacial score (nSPS) is 23.1. The Kier molecular flexibility index (Phi) is 4.42. The van der Waals surface area contributed by atoms with Crippen LogP contribution >= 0.6 is 0 Å². The van der Waals surface area contributed by atoms with Crippen molar-refractivity contribution in [2.24, 2.45) is 5.92 Å². The van der Waals surface area contributed by atoms with Gasteiger partial charge in [0.25, 0.3) is 0 Å². The van der Waals surface area contributed by atoms with Crippen molar-refractivity contribution in [2.75, 3.05) is 18.6 Å². The summed E-state index contributed by atoms with van der Waals surface area (Å²) in [6.45, 7) is 0.895. The van der Waals surface area contributed by atoms with E-state index in [1.165, 1.54) is 0 Å². The monoisotopic (exact) mass is 392 g/mol. The molecule has 2 heterocycles. The first-order chi connectivity index (χ1) is 14.1. The van der Waals surface area contributed by atoms with Gasteiger partial charge in [-0.25, -0.2) is 0 Å². The van der Waals surface area contributed by atoms with Crippen molar-refractivity contribution < 1.29 is 19.1 Å². The summed E-state index contributed by atoms with van der Waals surface area (Å²) in [5, 5.41) is 0. The first-order valence-corrected chi connectivity index (χ1v) is 10.1. The maximum atomic E-state index is 13.7. The molecule has 2 fully saturated rings. The molecule has 1 saturated heterocycles. The molecule has 2 amide bonds. The third-order valence-electron chi connectivity index (χ3n) is 5.97. The molecule has 1 saturated carbocycles. The standard InChI is InChI=1S/C23H24N2O4/c1-28-17-10-6-15(7-11-17)13-24-19-4-2-3-5-21(19)29-18-12-20(23(24)27)25(14-18)22(26)16-8-9-16/h2-7,10-11,16,18,20H,8-9,12-14H2,1H3/t18-,20-/m0/s1. The number of amides is 2. The van der Waals surface area contributed by atoms with E-state index in [4.69, 9.17) is 9.47 Å². The predicted octanol–water partition coefficient (Wildman–Crippen LogP) is 3.00. The van der Waals surface area contributed by atoms with Gasteiger partial charge in [-0.15, -0.1) is 0 Å². The minimum absolute atomic E-state index is 0.0342. The van der Waals surface area contributed by atoms with Gasteiger partial charge >= 0.3 is 0 Å². The Morgan fingerprint density at radius 2 is 1.90 bits per heavy atom. The molecular weight excluding hydrogens is 368 g/mol. The molecule has 2 aromatic carbocycles. The number of hydrogen-bond acceptors (Lipinski definition) is 4. The summed E-state index contributed by atoms with van der Waals surface area (Å²) in [4.78, 5) is 30.0. The third-order valence-corrected chi connectivity index (χ3v) is 5.97. The van der Waals surface area contributed by atoms with Crippen molar-refractivity contribution in [3.05, 3.63) is 54.1 Å². The van der Waals surface area contributed by atoms with E-state index in [1.54, 1.807) is 16.9 Å². The zero-order chi connectivity index (χ0) is 20.0. The maximum Gasteiger partial charge on any atom is 0.250 e. The number of nitrogens with zero attached hydrogens (tertiary/aromatic N) is 2. The molecule has 2 atom stereocenters. The van der Waals surface area contributed by atoms with Gasteiger partial charge in [-0.3, -0.25) is 9.59 Å². The molecule has 2 bridgehead atoms. The second-order valence-corrected chi connectivity index (χ2v) is 8.00. The Balaban J connectivity index is 1.50. The van der Waals surface area contributed by atoms with Gasteiger partial charge in [-0.1, -0.05) is 24.3 Å². The Bertz CT molecular complexity index is 938. The summed E-state index contributed by atoms with van der Waals surface area (Å²) in [5.41, 5.74) is 1.74. The number of methoxy groups -OCH3 is 1. The summed E-state index contributed by atoms with van der Waals surface area (Å²) in [6, 6.07) is 14.9. The molecule has 0 N–H and O–H groups in total. The maximum absolute atomic E-state index is 13.7. The van der Waals surface area contributed by atoms with Gasteiger partial charge in [0.05, 0.1) is 25.9 Å². The molecular formula is C23H24N2O4. The zero-order valence-corrected chi connectivity index (χ0v) is 16.4. The lowest BCUT2D eigenvalue weighted by molar-refractivity contribution is -0.138. The molecule has 6 heteroatoms. The second-order valence-electron chi connectivity index (χ2n) is 8.00. The fourth-order valence-electron chi connectivity index (χ4n) is 4.26. The summed E-state index contributed by atoms with van der Waals surface area (Å²) in [5.74, 6) is 1.62.